The molecular weight excluding hydrogens is 446 g/mol. The van der Waals surface area contributed by atoms with Crippen molar-refractivity contribution >= 4 is 22.7 Å². The predicted octanol–water partition coefficient (Wildman–Crippen LogP) is 7.03. The third kappa shape index (κ3) is 4.77. The summed E-state index contributed by atoms with van der Waals surface area (Å²) < 4.78 is 8.63. The average molecular weight is 488 g/mol. The number of anilines is 1. The van der Waals surface area contributed by atoms with Crippen LogP contribution in [0.3, 0.4) is 0 Å². The van der Waals surface area contributed by atoms with E-state index in [1.807, 2.05) is 18.2 Å². The van der Waals surface area contributed by atoms with Crippen LogP contribution in [-0.2, 0) is 9.53 Å². The van der Waals surface area contributed by atoms with Crippen LogP contribution < -0.4 is 4.90 Å². The van der Waals surface area contributed by atoms with E-state index in [2.05, 4.69) is 75.5 Å². The fraction of sp³-hybridized carbons (Fsp3) is 0.548. The van der Waals surface area contributed by atoms with Gasteiger partial charge >= 0.3 is 5.97 Å². The Morgan fingerprint density at radius 2 is 1.83 bits per heavy atom. The Kier molecular flexibility index (Phi) is 6.84. The van der Waals surface area contributed by atoms with E-state index >= 15 is 0 Å². The highest BCUT2D eigenvalue weighted by atomic mass is 16.5. The van der Waals surface area contributed by atoms with Crippen molar-refractivity contribution < 1.29 is 9.53 Å². The summed E-state index contributed by atoms with van der Waals surface area (Å²) in [6.07, 6.45) is 5.44. The van der Waals surface area contributed by atoms with Gasteiger partial charge in [0.1, 0.15) is 18.0 Å². The molecule has 0 amide bonds. The molecule has 2 aliphatic rings. The highest BCUT2D eigenvalue weighted by Gasteiger charge is 2.43. The number of fused-ring (bicyclic) bond motifs is 1. The van der Waals surface area contributed by atoms with Crippen LogP contribution in [0.25, 0.3) is 22.4 Å². The number of aryl methyl sites for hydroxylation is 1. The number of hydrogen-bond acceptors (Lipinski definition) is 4. The van der Waals surface area contributed by atoms with Gasteiger partial charge in [-0.1, -0.05) is 39.3 Å². The van der Waals surface area contributed by atoms with Crippen molar-refractivity contribution in [1.29, 1.82) is 0 Å². The first kappa shape index (κ1) is 24.9. The number of hydrogen-bond donors (Lipinski definition) is 0. The number of rotatable bonds is 7. The highest BCUT2D eigenvalue weighted by Crippen LogP contribution is 2.45. The first-order chi connectivity index (χ1) is 17.2. The number of carbonyl (C=O) groups excluding carboxylic acids is 1. The molecule has 36 heavy (non-hydrogen) atoms. The Hall–Kier alpha value is -2.82. The molecule has 2 aliphatic carbocycles. The van der Waals surface area contributed by atoms with Crippen molar-refractivity contribution in [2.45, 2.75) is 71.9 Å². The van der Waals surface area contributed by atoms with Crippen LogP contribution in [-0.4, -0.2) is 35.7 Å². The van der Waals surface area contributed by atoms with Gasteiger partial charge in [0.25, 0.3) is 0 Å². The minimum absolute atomic E-state index is 0.00218. The summed E-state index contributed by atoms with van der Waals surface area (Å²) in [6.45, 7) is 8.95. The Morgan fingerprint density at radius 1 is 1.08 bits per heavy atom. The van der Waals surface area contributed by atoms with Crippen LogP contribution in [0, 0.1) is 30.6 Å². The Balaban J connectivity index is 1.56. The van der Waals surface area contributed by atoms with Gasteiger partial charge in [0.2, 0.25) is 0 Å². The van der Waals surface area contributed by atoms with E-state index in [-0.39, 0.29) is 18.1 Å². The Bertz CT molecular complexity index is 1240. The molecule has 2 saturated carbocycles. The van der Waals surface area contributed by atoms with Crippen molar-refractivity contribution in [2.75, 3.05) is 19.0 Å². The van der Waals surface area contributed by atoms with Gasteiger partial charge in [0.05, 0.1) is 11.0 Å². The molecule has 1 unspecified atom stereocenters. The molecule has 5 nitrogen and oxygen atoms in total. The topological polar surface area (TPSA) is 47.4 Å². The normalized spacial score (nSPS) is 23.1. The lowest BCUT2D eigenvalue weighted by molar-refractivity contribution is -0.160. The minimum Gasteiger partial charge on any atom is -0.461 e. The Labute approximate surface area is 215 Å². The lowest BCUT2D eigenvalue weighted by Crippen LogP contribution is -2.38. The predicted molar refractivity (Wildman–Crippen MR) is 147 cm³/mol. The van der Waals surface area contributed by atoms with Crippen LogP contribution in [0.1, 0.15) is 64.5 Å². The number of carbonyl (C=O) groups is 1. The van der Waals surface area contributed by atoms with Gasteiger partial charge < -0.3 is 14.2 Å². The summed E-state index contributed by atoms with van der Waals surface area (Å²) in [5.41, 5.74) is 5.35. The summed E-state index contributed by atoms with van der Waals surface area (Å²) in [5.74, 6) is 2.63. The Morgan fingerprint density at radius 3 is 2.50 bits per heavy atom. The first-order valence-electron chi connectivity index (χ1n) is 13.7. The SMILES string of the molecule is Cc1cc(-c2nc3ccccc3n2[C@@H](C(=O)OC2C[C@H](C)CC[C@H]2C(C)C)C2CC2)ccc1N(C)C. The second-order valence-electron chi connectivity index (χ2n) is 11.8. The van der Waals surface area contributed by atoms with E-state index < -0.39 is 0 Å². The van der Waals surface area contributed by atoms with E-state index in [9.17, 15) is 4.79 Å². The minimum atomic E-state index is -0.341. The summed E-state index contributed by atoms with van der Waals surface area (Å²) in [7, 11) is 4.12. The van der Waals surface area contributed by atoms with Crippen LogP contribution in [0.2, 0.25) is 0 Å². The molecule has 192 valence electrons. The summed E-state index contributed by atoms with van der Waals surface area (Å²) >= 11 is 0. The van der Waals surface area contributed by atoms with Gasteiger partial charge in [-0.3, -0.25) is 0 Å². The molecule has 5 rings (SSSR count). The van der Waals surface area contributed by atoms with E-state index in [0.29, 0.717) is 23.7 Å². The molecule has 0 bridgehead atoms. The second kappa shape index (κ2) is 9.91. The zero-order valence-electron chi connectivity index (χ0n) is 22.7. The number of benzene rings is 2. The van der Waals surface area contributed by atoms with E-state index in [1.165, 1.54) is 17.7 Å². The second-order valence-corrected chi connectivity index (χ2v) is 11.8. The zero-order chi connectivity index (χ0) is 25.6. The molecule has 1 heterocycles. The molecule has 0 saturated heterocycles. The van der Waals surface area contributed by atoms with Gasteiger partial charge in [0.15, 0.2) is 0 Å². The van der Waals surface area contributed by atoms with E-state index in [0.717, 1.165) is 48.1 Å². The smallest absolute Gasteiger partial charge is 0.329 e. The summed E-state index contributed by atoms with van der Waals surface area (Å²) in [5, 5.41) is 0. The van der Waals surface area contributed by atoms with Gasteiger partial charge in [-0.05, 0) is 92.2 Å². The number of esters is 1. The number of imidazole rings is 1. The van der Waals surface area contributed by atoms with E-state index in [4.69, 9.17) is 9.72 Å². The summed E-state index contributed by atoms with van der Waals surface area (Å²) in [4.78, 5) is 21.2. The molecule has 0 radical (unpaired) electrons. The molecule has 0 aliphatic heterocycles. The maximum Gasteiger partial charge on any atom is 0.329 e. The van der Waals surface area contributed by atoms with Crippen LogP contribution in [0.4, 0.5) is 5.69 Å². The third-order valence-electron chi connectivity index (χ3n) is 8.35. The fourth-order valence-corrected chi connectivity index (χ4v) is 6.22. The van der Waals surface area contributed by atoms with E-state index in [1.54, 1.807) is 0 Å². The lowest BCUT2D eigenvalue weighted by atomic mass is 9.75. The number of para-hydroxylation sites is 2. The quantitative estimate of drug-likeness (QED) is 0.336. The molecular formula is C31H41N3O2. The standard InChI is InChI=1S/C31H41N3O2/c1-19(2)24-15-11-20(3)17-28(24)36-31(35)29(22-12-13-22)34-27-10-8-7-9-25(27)32-30(34)23-14-16-26(33(5)6)21(4)18-23/h7-10,14,16,18-20,22,24,28-29H,11-13,15,17H2,1-6H3/t20-,24+,28?,29-/m1/s1. The van der Waals surface area contributed by atoms with Crippen LogP contribution in [0.15, 0.2) is 42.5 Å². The van der Waals surface area contributed by atoms with Crippen molar-refractivity contribution in [2.24, 2.45) is 23.7 Å². The third-order valence-corrected chi connectivity index (χ3v) is 8.35. The van der Waals surface area contributed by atoms with Crippen LogP contribution >= 0.6 is 0 Å². The zero-order valence-corrected chi connectivity index (χ0v) is 22.7. The van der Waals surface area contributed by atoms with Crippen molar-refractivity contribution in [3.05, 3.63) is 48.0 Å². The molecule has 1 aromatic heterocycles. The molecule has 0 N–H and O–H groups in total. The first-order valence-corrected chi connectivity index (χ1v) is 13.7. The van der Waals surface area contributed by atoms with Crippen molar-refractivity contribution in [3.63, 3.8) is 0 Å². The van der Waals surface area contributed by atoms with Crippen molar-refractivity contribution in [3.8, 4) is 11.4 Å². The van der Waals surface area contributed by atoms with Gasteiger partial charge in [-0.15, -0.1) is 0 Å². The highest BCUT2D eigenvalue weighted by molar-refractivity contribution is 5.85. The van der Waals surface area contributed by atoms with Crippen LogP contribution in [0.5, 0.6) is 0 Å². The number of aromatic nitrogens is 2. The fourth-order valence-electron chi connectivity index (χ4n) is 6.22. The largest absolute Gasteiger partial charge is 0.461 e. The molecule has 3 aromatic rings. The van der Waals surface area contributed by atoms with Gasteiger partial charge in [-0.2, -0.15) is 0 Å². The van der Waals surface area contributed by atoms with Crippen molar-refractivity contribution in [1.82, 2.24) is 9.55 Å². The number of ether oxygens (including phenoxy) is 1. The molecule has 0 spiro atoms. The maximum atomic E-state index is 14.0. The molecule has 4 atom stereocenters. The lowest BCUT2D eigenvalue weighted by Gasteiger charge is -2.37. The monoisotopic (exact) mass is 487 g/mol. The van der Waals surface area contributed by atoms with Gasteiger partial charge in [0, 0.05) is 25.3 Å². The molecule has 2 fully saturated rings. The molecule has 5 heteroatoms. The maximum absolute atomic E-state index is 14.0. The van der Waals surface area contributed by atoms with Gasteiger partial charge in [-0.25, -0.2) is 9.78 Å². The number of nitrogens with zero attached hydrogens (tertiary/aromatic N) is 3. The summed E-state index contributed by atoms with van der Waals surface area (Å²) in [6, 6.07) is 14.3. The molecule has 2 aromatic carbocycles. The average Bonchev–Trinajstić information content (AvgIpc) is 3.59.